The Hall–Kier alpha value is -0.885. The highest BCUT2D eigenvalue weighted by atomic mass is 16.7. The molecule has 0 aromatic carbocycles. The molecular weight excluding hydrogens is 271 g/mol. The van der Waals surface area contributed by atoms with Crippen LogP contribution in [0.15, 0.2) is 12.4 Å². The molecule has 1 saturated heterocycles. The Bertz CT molecular complexity index is 521. The number of hydrogen-bond donors (Lipinski definition) is 2. The van der Waals surface area contributed by atoms with Gasteiger partial charge in [-0.15, -0.1) is 0 Å². The van der Waals surface area contributed by atoms with E-state index in [2.05, 4.69) is 5.10 Å². The summed E-state index contributed by atoms with van der Waals surface area (Å²) in [5.41, 5.74) is -0.762. The second-order valence-corrected chi connectivity index (χ2v) is 7.35. The van der Waals surface area contributed by atoms with Crippen LogP contribution in [0, 0.1) is 0 Å². The second-order valence-electron chi connectivity index (χ2n) is 7.35. The minimum atomic E-state index is -0.849. The highest BCUT2D eigenvalue weighted by molar-refractivity contribution is 6.61. The van der Waals surface area contributed by atoms with Crippen molar-refractivity contribution in [1.82, 2.24) is 9.78 Å². The van der Waals surface area contributed by atoms with Gasteiger partial charge in [0.15, 0.2) is 0 Å². The number of hydrogen-bond acceptors (Lipinski definition) is 5. The summed E-state index contributed by atoms with van der Waals surface area (Å²) in [5.74, 6) is 0. The molecule has 21 heavy (non-hydrogen) atoms. The standard InChI is InChI=1S/C14H23BN2O4/c1-12(2)13(3,4)21-15(20-12)10-7-16-17(8-10)9-14(19)5-11(18)6-14/h7-8,11,18-19H,5-6,9H2,1-4H3. The maximum Gasteiger partial charge on any atom is 0.498 e. The van der Waals surface area contributed by atoms with E-state index in [1.807, 2.05) is 33.9 Å². The predicted molar refractivity (Wildman–Crippen MR) is 78.1 cm³/mol. The van der Waals surface area contributed by atoms with Crippen molar-refractivity contribution in [1.29, 1.82) is 0 Å². The van der Waals surface area contributed by atoms with Crippen LogP contribution in [0.3, 0.4) is 0 Å². The topological polar surface area (TPSA) is 76.7 Å². The first-order valence-electron chi connectivity index (χ1n) is 7.39. The van der Waals surface area contributed by atoms with Gasteiger partial charge in [-0.05, 0) is 27.7 Å². The highest BCUT2D eigenvalue weighted by Gasteiger charge is 2.52. The predicted octanol–water partition coefficient (Wildman–Crippen LogP) is 0.0681. The summed E-state index contributed by atoms with van der Waals surface area (Å²) in [7, 11) is -0.439. The smallest absolute Gasteiger partial charge is 0.399 e. The van der Waals surface area contributed by atoms with E-state index < -0.39 is 18.8 Å². The van der Waals surface area contributed by atoms with Crippen molar-refractivity contribution >= 4 is 12.6 Å². The number of aromatic nitrogens is 2. The lowest BCUT2D eigenvalue weighted by atomic mass is 9.77. The Kier molecular flexibility index (Phi) is 3.26. The molecule has 0 unspecified atom stereocenters. The number of rotatable bonds is 3. The van der Waals surface area contributed by atoms with Gasteiger partial charge in [-0.3, -0.25) is 4.68 Å². The maximum atomic E-state index is 10.2. The van der Waals surface area contributed by atoms with Crippen molar-refractivity contribution < 1.29 is 19.5 Å². The molecule has 116 valence electrons. The van der Waals surface area contributed by atoms with Gasteiger partial charge >= 0.3 is 7.12 Å². The first-order chi connectivity index (χ1) is 9.60. The molecule has 1 aromatic rings. The van der Waals surface area contributed by atoms with Gasteiger partial charge in [0.1, 0.15) is 0 Å². The van der Waals surface area contributed by atoms with Gasteiger partial charge in [0, 0.05) is 30.7 Å². The molecule has 0 bridgehead atoms. The van der Waals surface area contributed by atoms with Crippen molar-refractivity contribution in [2.75, 3.05) is 0 Å². The third-order valence-electron chi connectivity index (χ3n) is 4.87. The third-order valence-corrected chi connectivity index (χ3v) is 4.87. The highest BCUT2D eigenvalue weighted by Crippen LogP contribution is 2.36. The molecule has 0 radical (unpaired) electrons. The largest absolute Gasteiger partial charge is 0.498 e. The molecule has 0 spiro atoms. The SMILES string of the molecule is CC1(C)OB(c2cnn(CC3(O)CC(O)C3)c2)OC1(C)C. The Morgan fingerprint density at radius 1 is 1.29 bits per heavy atom. The Labute approximate surface area is 125 Å². The first kappa shape index (κ1) is 15.0. The molecule has 2 heterocycles. The lowest BCUT2D eigenvalue weighted by Gasteiger charge is -2.40. The summed E-state index contributed by atoms with van der Waals surface area (Å²) in [6.07, 6.45) is 3.95. The summed E-state index contributed by atoms with van der Waals surface area (Å²) in [6, 6.07) is 0. The molecule has 1 aliphatic heterocycles. The molecule has 2 aliphatic rings. The van der Waals surface area contributed by atoms with Crippen LogP contribution >= 0.6 is 0 Å². The van der Waals surface area contributed by atoms with Crippen molar-refractivity contribution in [2.24, 2.45) is 0 Å². The van der Waals surface area contributed by atoms with Crippen LogP contribution in [0.1, 0.15) is 40.5 Å². The van der Waals surface area contributed by atoms with Crippen molar-refractivity contribution in [3.05, 3.63) is 12.4 Å². The zero-order chi connectivity index (χ0) is 15.5. The normalized spacial score (nSPS) is 34.0. The molecule has 1 aliphatic carbocycles. The maximum absolute atomic E-state index is 10.2. The Morgan fingerprint density at radius 3 is 2.38 bits per heavy atom. The van der Waals surface area contributed by atoms with Crippen LogP contribution in [0.4, 0.5) is 0 Å². The minimum Gasteiger partial charge on any atom is -0.399 e. The number of aliphatic hydroxyl groups is 2. The average molecular weight is 294 g/mol. The van der Waals surface area contributed by atoms with Crippen LogP contribution in [0.2, 0.25) is 0 Å². The first-order valence-corrected chi connectivity index (χ1v) is 7.39. The van der Waals surface area contributed by atoms with E-state index in [-0.39, 0.29) is 11.2 Å². The van der Waals surface area contributed by atoms with Gasteiger partial charge in [0.2, 0.25) is 0 Å². The van der Waals surface area contributed by atoms with Crippen molar-refractivity contribution in [2.45, 2.75) is 70.0 Å². The van der Waals surface area contributed by atoms with E-state index in [0.29, 0.717) is 19.4 Å². The summed E-state index contributed by atoms with van der Waals surface area (Å²) < 4.78 is 13.6. The number of nitrogens with zero attached hydrogens (tertiary/aromatic N) is 2. The fourth-order valence-electron chi connectivity index (χ4n) is 2.81. The van der Waals surface area contributed by atoms with E-state index in [1.165, 1.54) is 0 Å². The van der Waals surface area contributed by atoms with Crippen molar-refractivity contribution in [3.63, 3.8) is 0 Å². The molecule has 0 amide bonds. The van der Waals surface area contributed by atoms with Crippen LogP contribution in [0.25, 0.3) is 0 Å². The lowest BCUT2D eigenvalue weighted by Crippen LogP contribution is -2.50. The summed E-state index contributed by atoms with van der Waals surface area (Å²) in [5, 5.41) is 23.8. The molecule has 2 fully saturated rings. The Morgan fingerprint density at radius 2 is 1.86 bits per heavy atom. The lowest BCUT2D eigenvalue weighted by molar-refractivity contribution is -0.123. The van der Waals surface area contributed by atoms with Gasteiger partial charge in [-0.1, -0.05) is 0 Å². The van der Waals surface area contributed by atoms with Crippen LogP contribution in [0.5, 0.6) is 0 Å². The van der Waals surface area contributed by atoms with E-state index >= 15 is 0 Å². The number of aliphatic hydroxyl groups excluding tert-OH is 1. The average Bonchev–Trinajstić information content (AvgIpc) is 2.80. The van der Waals surface area contributed by atoms with Gasteiger partial charge in [0.25, 0.3) is 0 Å². The quantitative estimate of drug-likeness (QED) is 0.771. The minimum absolute atomic E-state index is 0.379. The molecular formula is C14H23BN2O4. The molecule has 3 rings (SSSR count). The van der Waals surface area contributed by atoms with Gasteiger partial charge in [-0.2, -0.15) is 5.10 Å². The summed E-state index contributed by atoms with van der Waals surface area (Å²) in [6.45, 7) is 8.42. The van der Waals surface area contributed by atoms with E-state index in [9.17, 15) is 10.2 Å². The fraction of sp³-hybridized carbons (Fsp3) is 0.786. The summed E-state index contributed by atoms with van der Waals surface area (Å²) >= 11 is 0. The van der Waals surface area contributed by atoms with E-state index in [4.69, 9.17) is 9.31 Å². The zero-order valence-corrected chi connectivity index (χ0v) is 13.0. The third kappa shape index (κ3) is 2.63. The zero-order valence-electron chi connectivity index (χ0n) is 13.0. The van der Waals surface area contributed by atoms with Crippen molar-refractivity contribution in [3.8, 4) is 0 Å². The van der Waals surface area contributed by atoms with Crippen LogP contribution in [-0.2, 0) is 15.9 Å². The fourth-order valence-corrected chi connectivity index (χ4v) is 2.81. The van der Waals surface area contributed by atoms with Gasteiger partial charge in [0.05, 0.1) is 29.5 Å². The van der Waals surface area contributed by atoms with E-state index in [0.717, 1.165) is 5.46 Å². The monoisotopic (exact) mass is 294 g/mol. The van der Waals surface area contributed by atoms with Crippen LogP contribution in [-0.4, -0.2) is 50.0 Å². The van der Waals surface area contributed by atoms with E-state index in [1.54, 1.807) is 10.9 Å². The van der Waals surface area contributed by atoms with Crippen LogP contribution < -0.4 is 5.46 Å². The van der Waals surface area contributed by atoms with Gasteiger partial charge < -0.3 is 19.5 Å². The molecule has 2 N–H and O–H groups in total. The summed E-state index contributed by atoms with van der Waals surface area (Å²) in [4.78, 5) is 0. The molecule has 7 heteroatoms. The second kappa shape index (κ2) is 4.55. The molecule has 1 aromatic heterocycles. The van der Waals surface area contributed by atoms with Gasteiger partial charge in [-0.25, -0.2) is 0 Å². The molecule has 6 nitrogen and oxygen atoms in total. The Balaban J connectivity index is 1.69. The molecule has 1 saturated carbocycles. The molecule has 0 atom stereocenters.